The van der Waals surface area contributed by atoms with Gasteiger partial charge in [0.05, 0.1) is 0 Å². The number of hydrogen-bond acceptors (Lipinski definition) is 6. The molecule has 0 aliphatic carbocycles. The van der Waals surface area contributed by atoms with Gasteiger partial charge in [-0.25, -0.2) is 24.3 Å². The third-order valence-electron chi connectivity index (χ3n) is 3.42. The largest absolute Gasteiger partial charge is 0.443 e. The first-order chi connectivity index (χ1) is 12.3. The van der Waals surface area contributed by atoms with Crippen LogP contribution in [0.15, 0.2) is 30.3 Å². The average Bonchev–Trinajstić information content (AvgIpc) is 2.93. The van der Waals surface area contributed by atoms with Crippen LogP contribution < -0.4 is 0 Å². The van der Waals surface area contributed by atoms with E-state index in [1.165, 1.54) is 11.7 Å². The second-order valence-corrected chi connectivity index (χ2v) is 7.01. The topological polar surface area (TPSA) is 79.1 Å². The van der Waals surface area contributed by atoms with Crippen molar-refractivity contribution in [2.45, 2.75) is 33.0 Å². The van der Waals surface area contributed by atoms with Crippen LogP contribution in [0.2, 0.25) is 5.15 Å². The summed E-state index contributed by atoms with van der Waals surface area (Å²) in [6.07, 6.45) is -0.596. The molecule has 2 heterocycles. The normalized spacial score (nSPS) is 11.7. The molecule has 0 unspecified atom stereocenters. The Morgan fingerprint density at radius 3 is 2.46 bits per heavy atom. The van der Waals surface area contributed by atoms with E-state index in [1.54, 1.807) is 20.8 Å². The molecule has 3 rings (SSSR count). The molecule has 8 heteroatoms. The standard InChI is InChI=1S/C18H19ClN4O3/c1-18(2,3)26-17(24)23-12(10-25-4)20-13-14(19)21-15(22-16(13)23)11-8-6-5-7-9-11/h5-9H,10H2,1-4H3. The predicted molar refractivity (Wildman–Crippen MR) is 98.1 cm³/mol. The molecule has 26 heavy (non-hydrogen) atoms. The molecule has 0 amide bonds. The van der Waals surface area contributed by atoms with Gasteiger partial charge in [-0.05, 0) is 20.8 Å². The Kier molecular flexibility index (Phi) is 4.93. The van der Waals surface area contributed by atoms with Gasteiger partial charge in [-0.3, -0.25) is 0 Å². The molecule has 0 bridgehead atoms. The van der Waals surface area contributed by atoms with Crippen molar-refractivity contribution in [1.29, 1.82) is 0 Å². The number of nitrogens with zero attached hydrogens (tertiary/aromatic N) is 4. The first-order valence-corrected chi connectivity index (χ1v) is 8.40. The first-order valence-electron chi connectivity index (χ1n) is 8.02. The summed E-state index contributed by atoms with van der Waals surface area (Å²) < 4.78 is 11.9. The fourth-order valence-electron chi connectivity index (χ4n) is 2.41. The molecule has 0 fully saturated rings. The molecule has 0 saturated carbocycles. The van der Waals surface area contributed by atoms with Gasteiger partial charge in [-0.1, -0.05) is 41.9 Å². The molecule has 2 aromatic heterocycles. The summed E-state index contributed by atoms with van der Waals surface area (Å²) in [6.45, 7) is 5.47. The van der Waals surface area contributed by atoms with Gasteiger partial charge in [0.1, 0.15) is 23.5 Å². The smallest absolute Gasteiger partial charge is 0.421 e. The van der Waals surface area contributed by atoms with Crippen molar-refractivity contribution in [1.82, 2.24) is 19.5 Å². The average molecular weight is 375 g/mol. The van der Waals surface area contributed by atoms with Crippen molar-refractivity contribution in [2.24, 2.45) is 0 Å². The minimum Gasteiger partial charge on any atom is -0.443 e. The fraction of sp³-hybridized carbons (Fsp3) is 0.333. The number of carbonyl (C=O) groups is 1. The third kappa shape index (κ3) is 3.68. The summed E-state index contributed by atoms with van der Waals surface area (Å²) in [6, 6.07) is 9.37. The van der Waals surface area contributed by atoms with Crippen LogP contribution in [0.3, 0.4) is 0 Å². The lowest BCUT2D eigenvalue weighted by atomic mass is 10.2. The van der Waals surface area contributed by atoms with Crippen molar-refractivity contribution in [3.63, 3.8) is 0 Å². The van der Waals surface area contributed by atoms with Gasteiger partial charge < -0.3 is 9.47 Å². The van der Waals surface area contributed by atoms with Crippen LogP contribution in [-0.2, 0) is 16.1 Å². The molecule has 0 aliphatic rings. The Morgan fingerprint density at radius 1 is 1.15 bits per heavy atom. The fourth-order valence-corrected chi connectivity index (χ4v) is 2.62. The highest BCUT2D eigenvalue weighted by atomic mass is 35.5. The van der Waals surface area contributed by atoms with Gasteiger partial charge in [0.2, 0.25) is 0 Å². The van der Waals surface area contributed by atoms with E-state index < -0.39 is 11.7 Å². The number of halogens is 1. The highest BCUT2D eigenvalue weighted by Gasteiger charge is 2.26. The maximum absolute atomic E-state index is 12.7. The van der Waals surface area contributed by atoms with Gasteiger partial charge in [-0.15, -0.1) is 0 Å². The number of rotatable bonds is 3. The molecule has 0 saturated heterocycles. The maximum Gasteiger partial charge on any atom is 0.421 e. The zero-order valence-corrected chi connectivity index (χ0v) is 15.7. The Balaban J connectivity index is 2.21. The van der Waals surface area contributed by atoms with Crippen LogP contribution in [0.5, 0.6) is 0 Å². The van der Waals surface area contributed by atoms with Crippen molar-refractivity contribution in [3.8, 4) is 11.4 Å². The molecular formula is C18H19ClN4O3. The molecule has 7 nitrogen and oxygen atoms in total. The number of aromatic nitrogens is 4. The van der Waals surface area contributed by atoms with E-state index in [9.17, 15) is 4.79 Å². The lowest BCUT2D eigenvalue weighted by Gasteiger charge is -2.20. The van der Waals surface area contributed by atoms with E-state index in [0.717, 1.165) is 5.56 Å². The number of methoxy groups -OCH3 is 1. The van der Waals surface area contributed by atoms with Gasteiger partial charge in [0.15, 0.2) is 16.6 Å². The van der Waals surface area contributed by atoms with Crippen LogP contribution in [0.4, 0.5) is 4.79 Å². The van der Waals surface area contributed by atoms with Crippen molar-refractivity contribution >= 4 is 28.9 Å². The summed E-state index contributed by atoms with van der Waals surface area (Å²) in [5, 5.41) is 0.161. The Morgan fingerprint density at radius 2 is 1.85 bits per heavy atom. The highest BCUT2D eigenvalue weighted by Crippen LogP contribution is 2.26. The molecular weight excluding hydrogens is 356 g/mol. The van der Waals surface area contributed by atoms with Gasteiger partial charge in [0, 0.05) is 12.7 Å². The number of fused-ring (bicyclic) bond motifs is 1. The summed E-state index contributed by atoms with van der Waals surface area (Å²) in [5.74, 6) is 0.745. The van der Waals surface area contributed by atoms with Crippen molar-refractivity contribution in [2.75, 3.05) is 7.11 Å². The summed E-state index contributed by atoms with van der Waals surface area (Å²) in [5.41, 5.74) is 0.716. The molecule has 0 atom stereocenters. The van der Waals surface area contributed by atoms with E-state index in [0.29, 0.717) is 17.2 Å². The third-order valence-corrected chi connectivity index (χ3v) is 3.68. The molecule has 1 aromatic carbocycles. The first kappa shape index (κ1) is 18.3. The van der Waals surface area contributed by atoms with Crippen LogP contribution in [0, 0.1) is 0 Å². The predicted octanol–water partition coefficient (Wildman–Crippen LogP) is 4.08. The Labute approximate surface area is 155 Å². The molecule has 0 spiro atoms. The van der Waals surface area contributed by atoms with E-state index in [2.05, 4.69) is 15.0 Å². The van der Waals surface area contributed by atoms with Gasteiger partial charge >= 0.3 is 6.09 Å². The van der Waals surface area contributed by atoms with Gasteiger partial charge in [0.25, 0.3) is 0 Å². The second-order valence-electron chi connectivity index (χ2n) is 6.65. The molecule has 0 aliphatic heterocycles. The highest BCUT2D eigenvalue weighted by molar-refractivity contribution is 6.33. The van der Waals surface area contributed by atoms with E-state index >= 15 is 0 Å². The molecule has 0 N–H and O–H groups in total. The van der Waals surface area contributed by atoms with Crippen LogP contribution >= 0.6 is 11.6 Å². The quantitative estimate of drug-likeness (QED) is 0.643. The SMILES string of the molecule is COCc1nc2c(Cl)nc(-c3ccccc3)nc2n1C(=O)OC(C)(C)C. The number of ether oxygens (including phenoxy) is 2. The zero-order chi connectivity index (χ0) is 18.9. The minimum absolute atomic E-state index is 0.104. The van der Waals surface area contributed by atoms with Crippen molar-refractivity contribution < 1.29 is 14.3 Å². The molecule has 136 valence electrons. The summed E-state index contributed by atoms with van der Waals surface area (Å²) >= 11 is 6.32. The number of imidazole rings is 1. The van der Waals surface area contributed by atoms with E-state index in [-0.39, 0.29) is 17.4 Å². The summed E-state index contributed by atoms with van der Waals surface area (Å²) in [7, 11) is 1.52. The Bertz CT molecular complexity index is 948. The van der Waals surface area contributed by atoms with Crippen LogP contribution in [0.1, 0.15) is 26.6 Å². The van der Waals surface area contributed by atoms with Crippen molar-refractivity contribution in [3.05, 3.63) is 41.3 Å². The van der Waals surface area contributed by atoms with Crippen LogP contribution in [-0.4, -0.2) is 38.3 Å². The van der Waals surface area contributed by atoms with E-state index in [4.69, 9.17) is 21.1 Å². The number of hydrogen-bond donors (Lipinski definition) is 0. The zero-order valence-electron chi connectivity index (χ0n) is 15.0. The second kappa shape index (κ2) is 7.01. The monoisotopic (exact) mass is 374 g/mol. The minimum atomic E-state index is -0.670. The number of benzene rings is 1. The lowest BCUT2D eigenvalue weighted by Crippen LogP contribution is -2.28. The summed E-state index contributed by atoms with van der Waals surface area (Å²) in [4.78, 5) is 25.9. The van der Waals surface area contributed by atoms with Gasteiger partial charge in [-0.2, -0.15) is 0 Å². The molecule has 3 aromatic rings. The van der Waals surface area contributed by atoms with E-state index in [1.807, 2.05) is 30.3 Å². The number of carbonyl (C=O) groups excluding carboxylic acids is 1. The molecule has 0 radical (unpaired) electrons. The Hall–Kier alpha value is -2.51. The maximum atomic E-state index is 12.7. The lowest BCUT2D eigenvalue weighted by molar-refractivity contribution is 0.0526. The van der Waals surface area contributed by atoms with Crippen LogP contribution in [0.25, 0.3) is 22.6 Å².